The van der Waals surface area contributed by atoms with Crippen molar-refractivity contribution in [2.24, 2.45) is 0 Å². The van der Waals surface area contributed by atoms with Crippen molar-refractivity contribution in [2.75, 3.05) is 11.9 Å². The average molecular weight is 204 g/mol. The number of nitrogens with zero attached hydrogens (tertiary/aromatic N) is 1. The summed E-state index contributed by atoms with van der Waals surface area (Å²) in [7, 11) is 1.03. The van der Waals surface area contributed by atoms with Gasteiger partial charge in [0.25, 0.3) is 0 Å². The van der Waals surface area contributed by atoms with Crippen LogP contribution >= 0.6 is 0 Å². The van der Waals surface area contributed by atoms with Gasteiger partial charge in [0.05, 0.1) is 5.69 Å². The minimum Gasteiger partial charge on any atom is -0.278 e. The molecule has 0 aromatic heterocycles. The van der Waals surface area contributed by atoms with Gasteiger partial charge in [-0.15, -0.1) is 0 Å². The number of amides is 1. The van der Waals surface area contributed by atoms with E-state index in [4.69, 9.17) is 0 Å². The van der Waals surface area contributed by atoms with Crippen LogP contribution < -0.4 is 4.90 Å². The standard InChI is InChI=1S/C8H5F3NO2/c1-12(8(13)14)4-2-5(9)7(11)6(10)3-4/h2-3H,1H3. The second-order valence-corrected chi connectivity index (χ2v) is 2.55. The van der Waals surface area contributed by atoms with Gasteiger partial charge in [0.2, 0.25) is 0 Å². The molecule has 0 atom stereocenters. The van der Waals surface area contributed by atoms with E-state index in [0.29, 0.717) is 17.0 Å². The number of benzene rings is 1. The van der Waals surface area contributed by atoms with Crippen LogP contribution in [0.15, 0.2) is 12.1 Å². The maximum absolute atomic E-state index is 12.6. The Hall–Kier alpha value is -1.72. The number of carbonyl (C=O) groups is 1. The maximum atomic E-state index is 12.6. The van der Waals surface area contributed by atoms with Crippen molar-refractivity contribution < 1.29 is 23.1 Å². The first-order valence-electron chi connectivity index (χ1n) is 3.52. The van der Waals surface area contributed by atoms with Gasteiger partial charge in [-0.05, 0) is 0 Å². The molecule has 75 valence electrons. The molecule has 1 radical (unpaired) electrons. The van der Waals surface area contributed by atoms with Crippen LogP contribution in [-0.4, -0.2) is 13.1 Å². The predicted molar refractivity (Wildman–Crippen MR) is 40.8 cm³/mol. The molecule has 0 aliphatic rings. The molecule has 0 unspecified atom stereocenters. The fourth-order valence-corrected chi connectivity index (χ4v) is 0.841. The minimum absolute atomic E-state index is 0.332. The summed E-state index contributed by atoms with van der Waals surface area (Å²) in [5, 5.41) is 10.3. The number of anilines is 1. The Balaban J connectivity index is 3.19. The van der Waals surface area contributed by atoms with E-state index in [2.05, 4.69) is 0 Å². The van der Waals surface area contributed by atoms with Crippen molar-refractivity contribution in [2.45, 2.75) is 0 Å². The van der Waals surface area contributed by atoms with Gasteiger partial charge in [-0.2, -0.15) is 0 Å². The highest BCUT2D eigenvalue weighted by Gasteiger charge is 2.16. The molecule has 0 aliphatic carbocycles. The van der Waals surface area contributed by atoms with Crippen molar-refractivity contribution in [3.05, 3.63) is 29.6 Å². The lowest BCUT2D eigenvalue weighted by Gasteiger charge is -2.11. The Morgan fingerprint density at radius 1 is 1.21 bits per heavy atom. The summed E-state index contributed by atoms with van der Waals surface area (Å²) in [4.78, 5) is 10.7. The summed E-state index contributed by atoms with van der Waals surface area (Å²) in [5.74, 6) is -4.54. The van der Waals surface area contributed by atoms with Gasteiger partial charge in [0.15, 0.2) is 17.5 Å². The van der Waals surface area contributed by atoms with Crippen LogP contribution in [0.1, 0.15) is 0 Å². The van der Waals surface area contributed by atoms with Crippen LogP contribution in [0.4, 0.5) is 23.7 Å². The highest BCUT2D eigenvalue weighted by molar-refractivity contribution is 5.84. The molecule has 1 amide bonds. The third-order valence-corrected chi connectivity index (χ3v) is 1.63. The quantitative estimate of drug-likeness (QED) is 0.645. The fourth-order valence-electron chi connectivity index (χ4n) is 0.841. The second-order valence-electron chi connectivity index (χ2n) is 2.55. The van der Waals surface area contributed by atoms with E-state index < -0.39 is 23.5 Å². The van der Waals surface area contributed by atoms with Crippen molar-refractivity contribution in [1.82, 2.24) is 0 Å². The van der Waals surface area contributed by atoms with E-state index >= 15 is 0 Å². The van der Waals surface area contributed by atoms with Crippen LogP contribution in [0.5, 0.6) is 0 Å². The molecule has 0 saturated heterocycles. The molecule has 0 spiro atoms. The van der Waals surface area contributed by atoms with Crippen LogP contribution in [0.25, 0.3) is 0 Å². The third kappa shape index (κ3) is 1.78. The van der Waals surface area contributed by atoms with Gasteiger partial charge in [-0.25, -0.2) is 23.1 Å². The topological polar surface area (TPSA) is 40.2 Å². The summed E-state index contributed by atoms with van der Waals surface area (Å²) >= 11 is 0. The number of carbonyl (C=O) groups excluding carboxylic acids is 1. The van der Waals surface area contributed by atoms with Crippen molar-refractivity contribution in [3.8, 4) is 0 Å². The third-order valence-electron chi connectivity index (χ3n) is 1.63. The maximum Gasteiger partial charge on any atom is 0.457 e. The summed E-state index contributed by atoms with van der Waals surface area (Å²) in [5.41, 5.74) is -0.332. The smallest absolute Gasteiger partial charge is 0.278 e. The van der Waals surface area contributed by atoms with Gasteiger partial charge in [-0.1, -0.05) is 0 Å². The van der Waals surface area contributed by atoms with E-state index in [1.54, 1.807) is 0 Å². The van der Waals surface area contributed by atoms with E-state index in [9.17, 15) is 23.1 Å². The van der Waals surface area contributed by atoms with Gasteiger partial charge in [-0.3, -0.25) is 4.90 Å². The van der Waals surface area contributed by atoms with E-state index in [-0.39, 0.29) is 5.69 Å². The molecule has 0 N–H and O–H groups in total. The van der Waals surface area contributed by atoms with Crippen LogP contribution in [0.2, 0.25) is 0 Å². The molecule has 14 heavy (non-hydrogen) atoms. The average Bonchev–Trinajstić information content (AvgIpc) is 2.12. The Morgan fingerprint density at radius 3 is 2.00 bits per heavy atom. The molecule has 6 heteroatoms. The highest BCUT2D eigenvalue weighted by Crippen LogP contribution is 2.20. The first-order valence-corrected chi connectivity index (χ1v) is 3.52. The number of rotatable bonds is 1. The van der Waals surface area contributed by atoms with Crippen LogP contribution in [-0.2, 0) is 5.11 Å². The van der Waals surface area contributed by atoms with Gasteiger partial charge in [0.1, 0.15) is 0 Å². The zero-order valence-corrected chi connectivity index (χ0v) is 7.05. The summed E-state index contributed by atoms with van der Waals surface area (Å²) < 4.78 is 37.7. The van der Waals surface area contributed by atoms with Crippen LogP contribution in [0, 0.1) is 17.5 Å². The second kappa shape index (κ2) is 3.57. The van der Waals surface area contributed by atoms with Crippen LogP contribution in [0.3, 0.4) is 0 Å². The summed E-state index contributed by atoms with van der Waals surface area (Å²) in [6, 6.07) is 1.13. The Morgan fingerprint density at radius 2 is 1.64 bits per heavy atom. The molecule has 0 saturated carbocycles. The number of halogens is 3. The molecular weight excluding hydrogens is 199 g/mol. The van der Waals surface area contributed by atoms with Crippen molar-refractivity contribution >= 4 is 11.8 Å². The number of hydrogen-bond donors (Lipinski definition) is 0. The normalized spacial score (nSPS) is 10.0. The lowest BCUT2D eigenvalue weighted by atomic mass is 10.2. The largest absolute Gasteiger partial charge is 0.457 e. The monoisotopic (exact) mass is 204 g/mol. The zero-order chi connectivity index (χ0) is 10.9. The van der Waals surface area contributed by atoms with E-state index in [0.717, 1.165) is 7.05 Å². The van der Waals surface area contributed by atoms with Gasteiger partial charge < -0.3 is 0 Å². The first kappa shape index (κ1) is 10.4. The lowest BCUT2D eigenvalue weighted by molar-refractivity contribution is 0.178. The Labute approximate surface area is 77.4 Å². The molecule has 3 nitrogen and oxygen atoms in total. The Bertz CT molecular complexity index is 358. The van der Waals surface area contributed by atoms with Crippen molar-refractivity contribution in [1.29, 1.82) is 0 Å². The molecule has 0 heterocycles. The molecule has 1 aromatic rings. The zero-order valence-electron chi connectivity index (χ0n) is 7.05. The molecule has 0 fully saturated rings. The van der Waals surface area contributed by atoms with Crippen molar-refractivity contribution in [3.63, 3.8) is 0 Å². The molecule has 0 aliphatic heterocycles. The first-order chi connectivity index (χ1) is 6.43. The summed E-state index contributed by atoms with van der Waals surface area (Å²) in [6.07, 6.45) is -1.64. The SMILES string of the molecule is CN(C([O])=O)c1cc(F)c(F)c(F)c1. The summed E-state index contributed by atoms with van der Waals surface area (Å²) in [6.45, 7) is 0. The van der Waals surface area contributed by atoms with Gasteiger partial charge in [0, 0.05) is 19.2 Å². The molecule has 1 rings (SSSR count). The van der Waals surface area contributed by atoms with E-state index in [1.807, 2.05) is 0 Å². The molecule has 0 bridgehead atoms. The minimum atomic E-state index is -1.64. The fraction of sp³-hybridized carbons (Fsp3) is 0.125. The van der Waals surface area contributed by atoms with E-state index in [1.165, 1.54) is 0 Å². The number of hydrogen-bond acceptors (Lipinski definition) is 1. The Kier molecular flexibility index (Phi) is 2.64. The lowest BCUT2D eigenvalue weighted by Crippen LogP contribution is -2.23. The highest BCUT2D eigenvalue weighted by atomic mass is 19.2. The van der Waals surface area contributed by atoms with Gasteiger partial charge >= 0.3 is 6.09 Å². The molecular formula is C8H5F3NO2. The molecule has 1 aromatic carbocycles. The predicted octanol–water partition coefficient (Wildman–Crippen LogP) is 2.09.